The van der Waals surface area contributed by atoms with Crippen LogP contribution in [0.3, 0.4) is 0 Å². The van der Waals surface area contributed by atoms with Gasteiger partial charge in [0.2, 0.25) is 5.95 Å². The first-order valence-corrected chi connectivity index (χ1v) is 9.94. The van der Waals surface area contributed by atoms with Crippen LogP contribution < -0.4 is 16.0 Å². The number of hydrogen-bond acceptors (Lipinski definition) is 8. The Labute approximate surface area is 186 Å². The third-order valence-electron chi connectivity index (χ3n) is 5.10. The Morgan fingerprint density at radius 3 is 2.66 bits per heavy atom. The van der Waals surface area contributed by atoms with Crippen molar-refractivity contribution in [2.75, 3.05) is 16.0 Å². The lowest BCUT2D eigenvalue weighted by Gasteiger charge is -2.36. The fourth-order valence-electron chi connectivity index (χ4n) is 3.68. The third-order valence-corrected chi connectivity index (χ3v) is 5.10. The number of rotatable bonds is 5. The Morgan fingerprint density at radius 1 is 1.16 bits per heavy atom. The highest BCUT2D eigenvalue weighted by atomic mass is 15.3. The Kier molecular flexibility index (Phi) is 5.52. The summed E-state index contributed by atoms with van der Waals surface area (Å²) in [7, 11) is 0. The molecular formula is C24H20N8. The number of aliphatic imine (C=N–C) groups is 1. The fourth-order valence-corrected chi connectivity index (χ4v) is 3.68. The molecule has 0 saturated heterocycles. The highest BCUT2D eigenvalue weighted by molar-refractivity contribution is 6.16. The predicted molar refractivity (Wildman–Crippen MR) is 125 cm³/mol. The van der Waals surface area contributed by atoms with Crippen LogP contribution in [0.15, 0.2) is 66.3 Å². The molecule has 8 nitrogen and oxygen atoms in total. The molecule has 1 unspecified atom stereocenters. The van der Waals surface area contributed by atoms with Crippen molar-refractivity contribution in [1.29, 1.82) is 10.5 Å². The van der Waals surface area contributed by atoms with Crippen molar-refractivity contribution >= 4 is 34.7 Å². The second kappa shape index (κ2) is 8.58. The van der Waals surface area contributed by atoms with Crippen LogP contribution in [-0.2, 0) is 6.42 Å². The van der Waals surface area contributed by atoms with E-state index < -0.39 is 0 Å². The average molecular weight is 420 g/mol. The minimum atomic E-state index is -0.360. The van der Waals surface area contributed by atoms with Crippen molar-refractivity contribution in [1.82, 2.24) is 9.97 Å². The van der Waals surface area contributed by atoms with Crippen LogP contribution in [0, 0.1) is 22.7 Å². The van der Waals surface area contributed by atoms with Crippen molar-refractivity contribution in [2.24, 2.45) is 4.99 Å². The maximum atomic E-state index is 9.42. The predicted octanol–water partition coefficient (Wildman–Crippen LogP) is 4.02. The van der Waals surface area contributed by atoms with Gasteiger partial charge in [-0.1, -0.05) is 36.9 Å². The van der Waals surface area contributed by atoms with Gasteiger partial charge in [0.15, 0.2) is 0 Å². The van der Waals surface area contributed by atoms with Crippen LogP contribution in [0.1, 0.15) is 23.6 Å². The fraction of sp³-hybridized carbons (Fsp3) is 0.125. The summed E-state index contributed by atoms with van der Waals surface area (Å²) in [6.45, 7) is 6.28. The largest absolute Gasteiger partial charge is 0.368 e. The molecule has 156 valence electrons. The first-order valence-electron chi connectivity index (χ1n) is 9.94. The van der Waals surface area contributed by atoms with Gasteiger partial charge in [-0.25, -0.2) is 9.98 Å². The molecule has 1 atom stereocenters. The van der Waals surface area contributed by atoms with Gasteiger partial charge in [0.05, 0.1) is 30.4 Å². The number of fused-ring (bicyclic) bond motifs is 1. The molecule has 1 aliphatic rings. The summed E-state index contributed by atoms with van der Waals surface area (Å²) in [5.74, 6) is 1.07. The molecular weight excluding hydrogens is 400 g/mol. The zero-order chi connectivity index (χ0) is 22.7. The van der Waals surface area contributed by atoms with Crippen LogP contribution >= 0.6 is 0 Å². The van der Waals surface area contributed by atoms with E-state index in [0.717, 1.165) is 28.2 Å². The highest BCUT2D eigenvalue weighted by Gasteiger charge is 2.30. The van der Waals surface area contributed by atoms with Crippen LogP contribution in [0.4, 0.5) is 23.1 Å². The third kappa shape index (κ3) is 3.73. The molecule has 0 amide bonds. The Bertz CT molecular complexity index is 1300. The topological polar surface area (TPSA) is 127 Å². The number of anilines is 3. The van der Waals surface area contributed by atoms with Gasteiger partial charge in [-0.3, -0.25) is 4.90 Å². The monoisotopic (exact) mass is 420 g/mol. The lowest BCUT2D eigenvalue weighted by Crippen LogP contribution is -2.42. The summed E-state index contributed by atoms with van der Waals surface area (Å²) in [6, 6.07) is 19.4. The number of nitrogen functional groups attached to an aromatic ring is 1. The first kappa shape index (κ1) is 20.6. The summed E-state index contributed by atoms with van der Waals surface area (Å²) in [5.41, 5.74) is 10.1. The van der Waals surface area contributed by atoms with E-state index in [0.29, 0.717) is 11.7 Å². The van der Waals surface area contributed by atoms with E-state index >= 15 is 0 Å². The van der Waals surface area contributed by atoms with Crippen LogP contribution in [0.5, 0.6) is 0 Å². The average Bonchev–Trinajstić information content (AvgIpc) is 2.80. The van der Waals surface area contributed by atoms with Crippen LogP contribution in [-0.4, -0.2) is 21.8 Å². The number of para-hydroxylation sites is 1. The molecule has 0 fully saturated rings. The summed E-state index contributed by atoms with van der Waals surface area (Å²) < 4.78 is 0. The number of nitrogens with zero attached hydrogens (tertiary/aromatic N) is 6. The second-order valence-corrected chi connectivity index (χ2v) is 7.20. The van der Waals surface area contributed by atoms with Gasteiger partial charge >= 0.3 is 0 Å². The molecule has 1 aromatic heterocycles. The van der Waals surface area contributed by atoms with Gasteiger partial charge in [0.1, 0.15) is 23.3 Å². The molecule has 2 heterocycles. The maximum Gasteiger partial charge on any atom is 0.222 e. The zero-order valence-electron chi connectivity index (χ0n) is 17.4. The second-order valence-electron chi connectivity index (χ2n) is 7.20. The number of amidine groups is 1. The molecule has 0 radical (unpaired) electrons. The molecule has 1 aliphatic heterocycles. The molecule has 0 bridgehead atoms. The van der Waals surface area contributed by atoms with Crippen molar-refractivity contribution in [3.05, 3.63) is 78.0 Å². The number of hydrogen-bond donors (Lipinski definition) is 2. The summed E-state index contributed by atoms with van der Waals surface area (Å²) in [4.78, 5) is 14.9. The minimum absolute atomic E-state index is 0.0695. The molecule has 4 rings (SSSR count). The lowest BCUT2D eigenvalue weighted by molar-refractivity contribution is 0.984. The summed E-state index contributed by atoms with van der Waals surface area (Å²) in [6.07, 6.45) is 1.65. The number of nitriles is 2. The first-order chi connectivity index (χ1) is 15.5. The molecule has 0 saturated carbocycles. The van der Waals surface area contributed by atoms with Gasteiger partial charge < -0.3 is 11.1 Å². The smallest absolute Gasteiger partial charge is 0.222 e. The Morgan fingerprint density at radius 2 is 1.94 bits per heavy atom. The molecule has 0 aliphatic carbocycles. The SMILES string of the molecule is C=C1c2c(CC#N)cccc2N=C(C(C)Nc2nc(N)ncc2C#N)N1c1ccccc1. The van der Waals surface area contributed by atoms with E-state index in [1.165, 1.54) is 6.20 Å². The van der Waals surface area contributed by atoms with Gasteiger partial charge in [0, 0.05) is 16.9 Å². The van der Waals surface area contributed by atoms with Gasteiger partial charge in [-0.15, -0.1) is 0 Å². The number of nitrogens with two attached hydrogens (primary N) is 1. The van der Waals surface area contributed by atoms with E-state index in [2.05, 4.69) is 34.0 Å². The standard InChI is InChI=1S/C24H20N8/c1-15(29-22-18(13-26)14-28-24(27)31-22)23-30-20-10-6-7-17(11-12-25)21(20)16(2)32(23)19-8-4-3-5-9-19/h3-10,14-15H,2,11H2,1H3,(H3,27,28,29,31). The number of benzene rings is 2. The minimum Gasteiger partial charge on any atom is -0.368 e. The Balaban J connectivity index is 1.83. The van der Waals surface area contributed by atoms with E-state index in [1.807, 2.05) is 60.4 Å². The van der Waals surface area contributed by atoms with Crippen LogP contribution in [0.25, 0.3) is 5.70 Å². The highest BCUT2D eigenvalue weighted by Crippen LogP contribution is 2.39. The van der Waals surface area contributed by atoms with E-state index in [9.17, 15) is 10.5 Å². The zero-order valence-corrected chi connectivity index (χ0v) is 17.4. The molecule has 32 heavy (non-hydrogen) atoms. The van der Waals surface area contributed by atoms with Crippen molar-refractivity contribution < 1.29 is 0 Å². The van der Waals surface area contributed by atoms with Crippen molar-refractivity contribution in [3.8, 4) is 12.1 Å². The van der Waals surface area contributed by atoms with Gasteiger partial charge in [-0.05, 0) is 30.7 Å². The normalized spacial score (nSPS) is 13.4. The number of aromatic nitrogens is 2. The van der Waals surface area contributed by atoms with E-state index in [1.54, 1.807) is 0 Å². The van der Waals surface area contributed by atoms with Gasteiger partial charge in [-0.2, -0.15) is 15.5 Å². The molecule has 2 aromatic carbocycles. The summed E-state index contributed by atoms with van der Waals surface area (Å²) in [5, 5.41) is 21.9. The van der Waals surface area contributed by atoms with Crippen LogP contribution in [0.2, 0.25) is 0 Å². The van der Waals surface area contributed by atoms with E-state index in [4.69, 9.17) is 10.7 Å². The number of nitrogens with one attached hydrogen (secondary N) is 1. The molecule has 0 spiro atoms. The van der Waals surface area contributed by atoms with Crippen molar-refractivity contribution in [2.45, 2.75) is 19.4 Å². The van der Waals surface area contributed by atoms with Crippen molar-refractivity contribution in [3.63, 3.8) is 0 Å². The summed E-state index contributed by atoms with van der Waals surface area (Å²) >= 11 is 0. The van der Waals surface area contributed by atoms with E-state index in [-0.39, 0.29) is 24.0 Å². The maximum absolute atomic E-state index is 9.42. The molecule has 8 heteroatoms. The quantitative estimate of drug-likeness (QED) is 0.638. The van der Waals surface area contributed by atoms with Gasteiger partial charge in [0.25, 0.3) is 0 Å². The molecule has 3 aromatic rings. The Hall–Kier alpha value is -4.69. The molecule has 3 N–H and O–H groups in total. The lowest BCUT2D eigenvalue weighted by atomic mass is 9.97.